The van der Waals surface area contributed by atoms with Gasteiger partial charge in [-0.15, -0.1) is 0 Å². The number of benzene rings is 1. The molecule has 0 saturated heterocycles. The van der Waals surface area contributed by atoms with Gasteiger partial charge in [0.2, 0.25) is 0 Å². The summed E-state index contributed by atoms with van der Waals surface area (Å²) in [7, 11) is 0. The van der Waals surface area contributed by atoms with Crippen molar-refractivity contribution in [2.75, 3.05) is 13.2 Å². The average molecular weight is 503 g/mol. The predicted octanol–water partition coefficient (Wildman–Crippen LogP) is 9.55. The standard InChI is InChI=1S/C32H54O4/c1-27(2)21-15-11-7-5-6-9-13-19-25-35-31(33)29-23-17-18-24-30(29)32(34)36-26-20-14-10-8-12-16-22-28(3)4/h17-18,23-24,27-28H,5-16,19-22,25-26H2,1-4H3. The van der Waals surface area contributed by atoms with Crippen LogP contribution in [0.4, 0.5) is 0 Å². The Morgan fingerprint density at radius 2 is 0.833 bits per heavy atom. The van der Waals surface area contributed by atoms with Crippen molar-refractivity contribution in [2.24, 2.45) is 11.8 Å². The van der Waals surface area contributed by atoms with Crippen LogP contribution in [-0.4, -0.2) is 25.2 Å². The van der Waals surface area contributed by atoms with Crippen molar-refractivity contribution in [1.82, 2.24) is 0 Å². The summed E-state index contributed by atoms with van der Waals surface area (Å²) in [6.07, 6.45) is 19.3. The molecule has 0 aliphatic rings. The number of esters is 2. The summed E-state index contributed by atoms with van der Waals surface area (Å²) >= 11 is 0. The summed E-state index contributed by atoms with van der Waals surface area (Å²) in [5.74, 6) is 0.727. The fourth-order valence-corrected chi connectivity index (χ4v) is 4.40. The Hall–Kier alpha value is -1.84. The van der Waals surface area contributed by atoms with E-state index in [1.165, 1.54) is 77.0 Å². The molecule has 1 aromatic carbocycles. The van der Waals surface area contributed by atoms with E-state index in [0.29, 0.717) is 24.3 Å². The van der Waals surface area contributed by atoms with Gasteiger partial charge in [-0.3, -0.25) is 0 Å². The lowest BCUT2D eigenvalue weighted by atomic mass is 10.0. The summed E-state index contributed by atoms with van der Waals surface area (Å²) < 4.78 is 10.9. The fraction of sp³-hybridized carbons (Fsp3) is 0.750. The van der Waals surface area contributed by atoms with E-state index in [9.17, 15) is 9.59 Å². The topological polar surface area (TPSA) is 52.6 Å². The second-order valence-electron chi connectivity index (χ2n) is 11.1. The molecule has 1 aromatic rings. The molecule has 0 amide bonds. The van der Waals surface area contributed by atoms with Crippen molar-refractivity contribution in [2.45, 2.75) is 130 Å². The van der Waals surface area contributed by atoms with Crippen LogP contribution in [0.2, 0.25) is 0 Å². The molecule has 4 heteroatoms. The molecule has 0 aliphatic carbocycles. The number of carbonyl (C=O) groups excluding carboxylic acids is 2. The van der Waals surface area contributed by atoms with Gasteiger partial charge >= 0.3 is 11.9 Å². The lowest BCUT2D eigenvalue weighted by Gasteiger charge is -2.10. The summed E-state index contributed by atoms with van der Waals surface area (Å²) in [6, 6.07) is 6.81. The van der Waals surface area contributed by atoms with Gasteiger partial charge in [-0.2, -0.15) is 0 Å². The molecule has 206 valence electrons. The molecular weight excluding hydrogens is 448 g/mol. The smallest absolute Gasteiger partial charge is 0.339 e. The van der Waals surface area contributed by atoms with Gasteiger partial charge in [0.05, 0.1) is 24.3 Å². The maximum absolute atomic E-state index is 12.6. The number of unbranched alkanes of at least 4 members (excludes halogenated alkanes) is 12. The first kappa shape index (κ1) is 32.2. The van der Waals surface area contributed by atoms with Gasteiger partial charge in [0.15, 0.2) is 0 Å². The van der Waals surface area contributed by atoms with E-state index in [4.69, 9.17) is 9.47 Å². The molecule has 4 nitrogen and oxygen atoms in total. The van der Waals surface area contributed by atoms with Crippen molar-refractivity contribution in [3.8, 4) is 0 Å². The minimum atomic E-state index is -0.437. The predicted molar refractivity (Wildman–Crippen MR) is 151 cm³/mol. The van der Waals surface area contributed by atoms with E-state index < -0.39 is 11.9 Å². The van der Waals surface area contributed by atoms with Gasteiger partial charge in [0.25, 0.3) is 0 Å². The zero-order valence-electron chi connectivity index (χ0n) is 23.8. The van der Waals surface area contributed by atoms with Gasteiger partial charge < -0.3 is 9.47 Å². The summed E-state index contributed by atoms with van der Waals surface area (Å²) in [5.41, 5.74) is 0.600. The molecule has 0 fully saturated rings. The van der Waals surface area contributed by atoms with Gasteiger partial charge in [-0.1, -0.05) is 130 Å². The number of ether oxygens (including phenoxy) is 2. The summed E-state index contributed by atoms with van der Waals surface area (Å²) in [4.78, 5) is 25.1. The molecule has 0 spiro atoms. The van der Waals surface area contributed by atoms with E-state index >= 15 is 0 Å². The van der Waals surface area contributed by atoms with E-state index in [1.54, 1.807) is 24.3 Å². The molecule has 0 bridgehead atoms. The number of carbonyl (C=O) groups is 2. The molecule has 0 saturated carbocycles. The molecule has 0 radical (unpaired) electrons. The number of hydrogen-bond donors (Lipinski definition) is 0. The van der Waals surface area contributed by atoms with Gasteiger partial charge in [0, 0.05) is 0 Å². The SMILES string of the molecule is CC(C)CCCCCCCCCCOC(=O)c1ccccc1C(=O)OCCCCCCCCC(C)C. The van der Waals surface area contributed by atoms with Crippen molar-refractivity contribution in [3.63, 3.8) is 0 Å². The third-order valence-electron chi connectivity index (χ3n) is 6.68. The highest BCUT2D eigenvalue weighted by Crippen LogP contribution is 2.15. The Bertz CT molecular complexity index is 695. The molecule has 0 aromatic heterocycles. The van der Waals surface area contributed by atoms with Crippen molar-refractivity contribution in [3.05, 3.63) is 35.4 Å². The minimum absolute atomic E-state index is 0.300. The Morgan fingerprint density at radius 1 is 0.528 bits per heavy atom. The van der Waals surface area contributed by atoms with Crippen molar-refractivity contribution in [1.29, 1.82) is 0 Å². The molecule has 0 unspecified atom stereocenters. The van der Waals surface area contributed by atoms with Crippen LogP contribution in [0.15, 0.2) is 24.3 Å². The molecule has 0 atom stereocenters. The Labute approximate surface area is 221 Å². The van der Waals surface area contributed by atoms with Crippen LogP contribution >= 0.6 is 0 Å². The number of rotatable bonds is 22. The van der Waals surface area contributed by atoms with E-state index in [-0.39, 0.29) is 0 Å². The second kappa shape index (κ2) is 21.3. The van der Waals surface area contributed by atoms with Crippen LogP contribution in [0.5, 0.6) is 0 Å². The minimum Gasteiger partial charge on any atom is -0.462 e. The second-order valence-corrected chi connectivity index (χ2v) is 11.1. The summed E-state index contributed by atoms with van der Waals surface area (Å²) in [5, 5.41) is 0. The maximum atomic E-state index is 12.6. The van der Waals surface area contributed by atoms with Crippen LogP contribution in [0.3, 0.4) is 0 Å². The van der Waals surface area contributed by atoms with Crippen LogP contribution in [0, 0.1) is 11.8 Å². The Kier molecular flexibility index (Phi) is 19.0. The quantitative estimate of drug-likeness (QED) is 0.117. The molecular formula is C32H54O4. The first-order chi connectivity index (χ1) is 17.4. The lowest BCUT2D eigenvalue weighted by molar-refractivity contribution is 0.0450. The number of hydrogen-bond acceptors (Lipinski definition) is 4. The van der Waals surface area contributed by atoms with Crippen molar-refractivity contribution < 1.29 is 19.1 Å². The largest absolute Gasteiger partial charge is 0.462 e. The zero-order valence-corrected chi connectivity index (χ0v) is 23.8. The average Bonchev–Trinajstić information content (AvgIpc) is 2.85. The molecule has 0 N–H and O–H groups in total. The molecule has 0 aliphatic heterocycles. The van der Waals surface area contributed by atoms with E-state index in [0.717, 1.165) is 37.5 Å². The fourth-order valence-electron chi connectivity index (χ4n) is 4.40. The highest BCUT2D eigenvalue weighted by Gasteiger charge is 2.18. The Balaban J connectivity index is 2.17. The van der Waals surface area contributed by atoms with Gasteiger partial charge in [0.1, 0.15) is 0 Å². The normalized spacial score (nSPS) is 11.3. The third kappa shape index (κ3) is 16.8. The highest BCUT2D eigenvalue weighted by molar-refractivity contribution is 6.03. The van der Waals surface area contributed by atoms with E-state index in [2.05, 4.69) is 27.7 Å². The highest BCUT2D eigenvalue weighted by atomic mass is 16.5. The first-order valence-corrected chi connectivity index (χ1v) is 14.8. The first-order valence-electron chi connectivity index (χ1n) is 14.8. The van der Waals surface area contributed by atoms with Crippen LogP contribution < -0.4 is 0 Å². The zero-order chi connectivity index (χ0) is 26.4. The summed E-state index contributed by atoms with van der Waals surface area (Å²) in [6.45, 7) is 9.90. The van der Waals surface area contributed by atoms with Crippen LogP contribution in [0.25, 0.3) is 0 Å². The van der Waals surface area contributed by atoms with E-state index in [1.807, 2.05) is 0 Å². The van der Waals surface area contributed by atoms with Crippen LogP contribution in [-0.2, 0) is 9.47 Å². The molecule has 0 heterocycles. The van der Waals surface area contributed by atoms with Crippen molar-refractivity contribution >= 4 is 11.9 Å². The molecule has 36 heavy (non-hydrogen) atoms. The third-order valence-corrected chi connectivity index (χ3v) is 6.68. The van der Waals surface area contributed by atoms with Gasteiger partial charge in [-0.25, -0.2) is 9.59 Å². The monoisotopic (exact) mass is 502 g/mol. The van der Waals surface area contributed by atoms with Gasteiger partial charge in [-0.05, 0) is 36.8 Å². The maximum Gasteiger partial charge on any atom is 0.339 e. The lowest BCUT2D eigenvalue weighted by Crippen LogP contribution is -2.15. The molecule has 1 rings (SSSR count). The van der Waals surface area contributed by atoms with Crippen LogP contribution in [0.1, 0.15) is 151 Å². The Morgan fingerprint density at radius 3 is 1.17 bits per heavy atom.